The molecule has 0 spiro atoms. The van der Waals surface area contributed by atoms with Crippen LogP contribution in [0.25, 0.3) is 0 Å². The van der Waals surface area contributed by atoms with Crippen molar-refractivity contribution in [3.63, 3.8) is 0 Å². The lowest BCUT2D eigenvalue weighted by Gasteiger charge is -2.31. The van der Waals surface area contributed by atoms with E-state index >= 15 is 0 Å². The fourth-order valence-corrected chi connectivity index (χ4v) is 6.94. The molecule has 0 aromatic carbocycles. The highest BCUT2D eigenvalue weighted by molar-refractivity contribution is 5.72. The summed E-state index contributed by atoms with van der Waals surface area (Å²) in [6.45, 7) is 4.62. The molecule has 0 aromatic rings. The number of carboxylic acid groups (broad SMARTS) is 1. The Morgan fingerprint density at radius 1 is 0.517 bits per heavy atom. The van der Waals surface area contributed by atoms with Gasteiger partial charge in [-0.3, -0.25) is 9.59 Å². The Bertz CT molecular complexity index is 1170. The van der Waals surface area contributed by atoms with E-state index in [1.165, 1.54) is 89.9 Å². The number of unbranched alkanes of at least 4 members (excludes halogenated alkanes) is 19. The lowest BCUT2D eigenvalue weighted by molar-refractivity contribution is -0.887. The number of carboxylic acids is 1. The fourth-order valence-electron chi connectivity index (χ4n) is 6.94. The van der Waals surface area contributed by atoms with Crippen LogP contribution < -0.4 is 0 Å². The van der Waals surface area contributed by atoms with E-state index in [0.29, 0.717) is 19.3 Å². The Labute approximate surface area is 368 Å². The number of rotatable bonds is 43. The number of nitrogens with zero attached hydrogens (tertiary/aromatic N) is 1. The molecule has 0 amide bonds. The van der Waals surface area contributed by atoms with Gasteiger partial charge in [0.05, 0.1) is 34.4 Å². The number of carbonyl (C=O) groups excluding carboxylic acids is 2. The Balaban J connectivity index is 4.26. The fraction of sp³-hybridized carbons (Fsp3) is 0.750. The summed E-state index contributed by atoms with van der Waals surface area (Å²) in [7, 11) is 5.53. The first kappa shape index (κ1) is 57.0. The summed E-state index contributed by atoms with van der Waals surface area (Å²) in [5, 5.41) is 9.63. The average Bonchev–Trinajstić information content (AvgIpc) is 3.21. The van der Waals surface area contributed by atoms with Crippen molar-refractivity contribution in [2.24, 2.45) is 0 Å². The molecule has 0 saturated carbocycles. The first-order valence-corrected chi connectivity index (χ1v) is 24.3. The highest BCUT2D eigenvalue weighted by Crippen LogP contribution is 2.15. The standard InChI is InChI=1S/C52H91NO7/c1-6-8-10-12-14-16-18-20-21-22-23-24-25-26-27-28-29-31-32-34-36-38-40-42-50(54)59-47-48(46-58-45-44-49(52(56)57)53(3,4)5)60-51(55)43-41-39-37-35-33-30-19-17-15-13-11-9-7-2/h8,10,14,16,20-21,23-24,26-27,48-49H,6-7,9,11-13,15,17-19,22,25,28-47H2,1-5H3/p+1/b10-8+,16-14+,21-20+,24-23+,27-26+. The van der Waals surface area contributed by atoms with Crippen LogP contribution >= 0.6 is 0 Å². The zero-order chi connectivity index (χ0) is 44.2. The summed E-state index contributed by atoms with van der Waals surface area (Å²) in [6, 6.07) is -0.617. The van der Waals surface area contributed by atoms with Gasteiger partial charge in [0.2, 0.25) is 0 Å². The van der Waals surface area contributed by atoms with Gasteiger partial charge in [0.15, 0.2) is 12.1 Å². The molecule has 346 valence electrons. The van der Waals surface area contributed by atoms with E-state index < -0.39 is 18.1 Å². The minimum Gasteiger partial charge on any atom is -0.477 e. The van der Waals surface area contributed by atoms with E-state index in [2.05, 4.69) is 74.6 Å². The number of ether oxygens (including phenoxy) is 3. The number of carbonyl (C=O) groups is 3. The molecule has 0 heterocycles. The second-order valence-corrected chi connectivity index (χ2v) is 17.3. The summed E-state index contributed by atoms with van der Waals surface area (Å²) in [4.78, 5) is 37.1. The molecule has 8 nitrogen and oxygen atoms in total. The molecule has 0 rings (SSSR count). The van der Waals surface area contributed by atoms with Crippen LogP contribution in [0.5, 0.6) is 0 Å². The van der Waals surface area contributed by atoms with E-state index in [9.17, 15) is 19.5 Å². The van der Waals surface area contributed by atoms with Crippen molar-refractivity contribution in [2.45, 2.75) is 212 Å². The van der Waals surface area contributed by atoms with Gasteiger partial charge in [-0.05, 0) is 57.8 Å². The SMILES string of the molecule is CC/C=C/C/C=C/C/C=C/C/C=C/C/C=C/CCCCCCCCCC(=O)OCC(COCCC(C(=O)O)[N+](C)(C)C)OC(=O)CCCCCCCCCCCCCCC. The van der Waals surface area contributed by atoms with E-state index in [1.54, 1.807) is 0 Å². The van der Waals surface area contributed by atoms with Gasteiger partial charge in [0, 0.05) is 19.3 Å². The minimum atomic E-state index is -0.877. The van der Waals surface area contributed by atoms with E-state index in [0.717, 1.165) is 77.0 Å². The van der Waals surface area contributed by atoms with Crippen molar-refractivity contribution in [3.8, 4) is 0 Å². The van der Waals surface area contributed by atoms with Crippen LogP contribution in [0.4, 0.5) is 0 Å². The predicted molar refractivity (Wildman–Crippen MR) is 252 cm³/mol. The molecule has 0 aliphatic heterocycles. The van der Waals surface area contributed by atoms with Gasteiger partial charge < -0.3 is 23.8 Å². The summed E-state index contributed by atoms with van der Waals surface area (Å²) in [6.07, 6.45) is 52.6. The van der Waals surface area contributed by atoms with Crippen LogP contribution in [0.3, 0.4) is 0 Å². The molecule has 0 fully saturated rings. The molecule has 8 heteroatoms. The van der Waals surface area contributed by atoms with Crippen molar-refractivity contribution in [3.05, 3.63) is 60.8 Å². The molecule has 1 N–H and O–H groups in total. The molecule has 0 aliphatic rings. The van der Waals surface area contributed by atoms with Crippen LogP contribution in [0.2, 0.25) is 0 Å². The van der Waals surface area contributed by atoms with Crippen molar-refractivity contribution in [1.29, 1.82) is 0 Å². The molecule has 2 unspecified atom stereocenters. The zero-order valence-corrected chi connectivity index (χ0v) is 39.4. The quantitative estimate of drug-likeness (QED) is 0.0282. The Morgan fingerprint density at radius 3 is 1.38 bits per heavy atom. The van der Waals surface area contributed by atoms with Crippen LogP contribution in [0.15, 0.2) is 60.8 Å². The molecule has 0 aliphatic carbocycles. The smallest absolute Gasteiger partial charge is 0.362 e. The van der Waals surface area contributed by atoms with Crippen molar-refractivity contribution in [2.75, 3.05) is 41.0 Å². The van der Waals surface area contributed by atoms with Gasteiger partial charge in [-0.2, -0.15) is 0 Å². The number of allylic oxidation sites excluding steroid dienone is 10. The summed E-state index contributed by atoms with van der Waals surface area (Å²) < 4.78 is 17.3. The van der Waals surface area contributed by atoms with Crippen LogP contribution in [0.1, 0.15) is 200 Å². The van der Waals surface area contributed by atoms with Gasteiger partial charge >= 0.3 is 17.9 Å². The third kappa shape index (κ3) is 40.4. The van der Waals surface area contributed by atoms with Crippen LogP contribution in [0, 0.1) is 0 Å². The van der Waals surface area contributed by atoms with Crippen molar-refractivity contribution in [1.82, 2.24) is 0 Å². The lowest BCUT2D eigenvalue weighted by atomic mass is 10.0. The summed E-state index contributed by atoms with van der Waals surface area (Å²) in [5.41, 5.74) is 0. The number of quaternary nitrogens is 1. The molecular formula is C52H92NO7+. The van der Waals surface area contributed by atoms with E-state index in [-0.39, 0.29) is 36.2 Å². The normalized spacial score (nSPS) is 13.4. The lowest BCUT2D eigenvalue weighted by Crippen LogP contribution is -2.50. The van der Waals surface area contributed by atoms with E-state index in [4.69, 9.17) is 14.2 Å². The second kappa shape index (κ2) is 42.7. The van der Waals surface area contributed by atoms with Crippen molar-refractivity contribution >= 4 is 17.9 Å². The molecule has 0 saturated heterocycles. The van der Waals surface area contributed by atoms with Gasteiger partial charge in [0.25, 0.3) is 0 Å². The Hall–Kier alpha value is -2.97. The second-order valence-electron chi connectivity index (χ2n) is 17.3. The molecular weight excluding hydrogens is 751 g/mol. The molecule has 0 aromatic heterocycles. The van der Waals surface area contributed by atoms with Gasteiger partial charge in [-0.15, -0.1) is 0 Å². The van der Waals surface area contributed by atoms with Crippen LogP contribution in [-0.4, -0.2) is 80.6 Å². The molecule has 0 bridgehead atoms. The first-order chi connectivity index (χ1) is 29.1. The molecule has 60 heavy (non-hydrogen) atoms. The maximum Gasteiger partial charge on any atom is 0.362 e. The highest BCUT2D eigenvalue weighted by atomic mass is 16.6. The zero-order valence-electron chi connectivity index (χ0n) is 39.4. The Kier molecular flexibility index (Phi) is 40.6. The van der Waals surface area contributed by atoms with Gasteiger partial charge in [0.1, 0.15) is 6.61 Å². The highest BCUT2D eigenvalue weighted by Gasteiger charge is 2.31. The summed E-state index contributed by atoms with van der Waals surface area (Å²) >= 11 is 0. The Morgan fingerprint density at radius 2 is 0.933 bits per heavy atom. The van der Waals surface area contributed by atoms with Crippen LogP contribution in [-0.2, 0) is 28.6 Å². The van der Waals surface area contributed by atoms with E-state index in [1.807, 2.05) is 21.1 Å². The number of hydrogen-bond donors (Lipinski definition) is 1. The third-order valence-corrected chi connectivity index (χ3v) is 10.7. The monoisotopic (exact) mass is 843 g/mol. The maximum absolute atomic E-state index is 12.7. The number of esters is 2. The first-order valence-electron chi connectivity index (χ1n) is 24.3. The predicted octanol–water partition coefficient (Wildman–Crippen LogP) is 13.8. The number of hydrogen-bond acceptors (Lipinski definition) is 6. The van der Waals surface area contributed by atoms with Crippen molar-refractivity contribution < 1.29 is 38.2 Å². The minimum absolute atomic E-state index is 0.0568. The van der Waals surface area contributed by atoms with Gasteiger partial charge in [-0.25, -0.2) is 4.79 Å². The number of likely N-dealkylation sites (N-methyl/N-ethyl adjacent to an activating group) is 1. The molecule has 0 radical (unpaired) electrons. The number of aliphatic carboxylic acids is 1. The average molecular weight is 843 g/mol. The maximum atomic E-state index is 12.7. The van der Waals surface area contributed by atoms with Gasteiger partial charge in [-0.1, -0.05) is 184 Å². The largest absolute Gasteiger partial charge is 0.477 e. The third-order valence-electron chi connectivity index (χ3n) is 10.7. The molecule has 2 atom stereocenters. The summed E-state index contributed by atoms with van der Waals surface area (Å²) in [5.74, 6) is -1.48. The topological polar surface area (TPSA) is 99.1 Å².